The Hall–Kier alpha value is -3.06. The number of furan rings is 1. The highest BCUT2D eigenvalue weighted by atomic mass is 32.2. The van der Waals surface area contributed by atoms with Crippen molar-refractivity contribution in [2.24, 2.45) is 0 Å². The fraction of sp³-hybridized carbons (Fsp3) is 0.227. The molecular formula is C22H24N2O4S. The third kappa shape index (κ3) is 4.86. The summed E-state index contributed by atoms with van der Waals surface area (Å²) in [6.45, 7) is 6.44. The molecule has 7 heteroatoms. The number of rotatable bonds is 6. The Balaban J connectivity index is 1.76. The van der Waals surface area contributed by atoms with Gasteiger partial charge in [-0.3, -0.25) is 4.79 Å². The molecule has 2 heterocycles. The van der Waals surface area contributed by atoms with E-state index in [4.69, 9.17) is 4.42 Å². The van der Waals surface area contributed by atoms with Crippen LogP contribution in [0.25, 0.3) is 6.08 Å². The largest absolute Gasteiger partial charge is 0.467 e. The first kappa shape index (κ1) is 20.7. The van der Waals surface area contributed by atoms with E-state index >= 15 is 0 Å². The van der Waals surface area contributed by atoms with Crippen LogP contribution in [0.15, 0.2) is 58.1 Å². The quantitative estimate of drug-likeness (QED) is 0.618. The SMILES string of the molecule is Cc1ccc(S(C)(=O)=O)cc1NC(=O)C=Cc1cc(C)n(Cc2ccco2)c1C. The molecule has 0 aliphatic carbocycles. The van der Waals surface area contributed by atoms with Crippen molar-refractivity contribution in [1.29, 1.82) is 0 Å². The molecule has 3 aromatic rings. The highest BCUT2D eigenvalue weighted by Crippen LogP contribution is 2.21. The number of amides is 1. The fourth-order valence-electron chi connectivity index (χ4n) is 3.10. The molecule has 6 nitrogen and oxygen atoms in total. The topological polar surface area (TPSA) is 81.3 Å². The van der Waals surface area contributed by atoms with Crippen molar-refractivity contribution < 1.29 is 17.6 Å². The van der Waals surface area contributed by atoms with Crippen LogP contribution >= 0.6 is 0 Å². The first-order chi connectivity index (χ1) is 13.6. The first-order valence-electron chi connectivity index (χ1n) is 9.14. The average molecular weight is 413 g/mol. The molecule has 29 heavy (non-hydrogen) atoms. The molecule has 0 atom stereocenters. The summed E-state index contributed by atoms with van der Waals surface area (Å²) in [5.41, 5.74) is 4.29. The summed E-state index contributed by atoms with van der Waals surface area (Å²) in [4.78, 5) is 12.6. The van der Waals surface area contributed by atoms with Crippen molar-refractivity contribution in [1.82, 2.24) is 4.57 Å². The number of aryl methyl sites for hydroxylation is 2. The summed E-state index contributed by atoms with van der Waals surface area (Å²) >= 11 is 0. The molecule has 1 N–H and O–H groups in total. The molecule has 0 spiro atoms. The van der Waals surface area contributed by atoms with Crippen LogP contribution in [0.5, 0.6) is 0 Å². The van der Waals surface area contributed by atoms with Gasteiger partial charge in [-0.05, 0) is 68.3 Å². The average Bonchev–Trinajstić information content (AvgIpc) is 3.25. The minimum absolute atomic E-state index is 0.170. The molecule has 3 rings (SSSR count). The summed E-state index contributed by atoms with van der Waals surface area (Å²) in [5, 5.41) is 2.76. The highest BCUT2D eigenvalue weighted by molar-refractivity contribution is 7.90. The predicted octanol–water partition coefficient (Wildman–Crippen LogP) is 4.11. The summed E-state index contributed by atoms with van der Waals surface area (Å²) in [6, 6.07) is 10.5. The lowest BCUT2D eigenvalue weighted by Gasteiger charge is -2.08. The van der Waals surface area contributed by atoms with Crippen molar-refractivity contribution in [3.05, 3.63) is 77.0 Å². The molecule has 0 unspecified atom stereocenters. The number of nitrogens with one attached hydrogen (secondary N) is 1. The van der Waals surface area contributed by atoms with Gasteiger partial charge in [-0.1, -0.05) is 6.07 Å². The Labute approximate surface area is 170 Å². The van der Waals surface area contributed by atoms with Crippen molar-refractivity contribution in [3.8, 4) is 0 Å². The second-order valence-corrected chi connectivity index (χ2v) is 9.08. The van der Waals surface area contributed by atoms with Crippen LogP contribution in [0.4, 0.5) is 5.69 Å². The Morgan fingerprint density at radius 3 is 2.59 bits per heavy atom. The van der Waals surface area contributed by atoms with Crippen LogP contribution in [0.2, 0.25) is 0 Å². The second-order valence-electron chi connectivity index (χ2n) is 7.06. The van der Waals surface area contributed by atoms with E-state index in [1.54, 1.807) is 18.4 Å². The van der Waals surface area contributed by atoms with Gasteiger partial charge in [-0.2, -0.15) is 0 Å². The predicted molar refractivity (Wildman–Crippen MR) is 114 cm³/mol. The van der Waals surface area contributed by atoms with Gasteiger partial charge in [0.1, 0.15) is 5.76 Å². The Kier molecular flexibility index (Phi) is 5.79. The van der Waals surface area contributed by atoms with Gasteiger partial charge in [0.15, 0.2) is 9.84 Å². The van der Waals surface area contributed by atoms with Crippen LogP contribution in [0.3, 0.4) is 0 Å². The van der Waals surface area contributed by atoms with Gasteiger partial charge >= 0.3 is 0 Å². The van der Waals surface area contributed by atoms with E-state index in [1.165, 1.54) is 18.2 Å². The van der Waals surface area contributed by atoms with Gasteiger partial charge in [0.05, 0.1) is 17.7 Å². The van der Waals surface area contributed by atoms with E-state index in [0.717, 1.165) is 34.5 Å². The van der Waals surface area contributed by atoms with Crippen LogP contribution in [-0.2, 0) is 21.2 Å². The normalized spacial score (nSPS) is 11.9. The lowest BCUT2D eigenvalue weighted by molar-refractivity contribution is -0.111. The van der Waals surface area contributed by atoms with Crippen LogP contribution in [0, 0.1) is 20.8 Å². The third-order valence-corrected chi connectivity index (χ3v) is 5.93. The molecular weight excluding hydrogens is 388 g/mol. The van der Waals surface area contributed by atoms with E-state index in [2.05, 4.69) is 9.88 Å². The maximum absolute atomic E-state index is 12.4. The van der Waals surface area contributed by atoms with Crippen molar-refractivity contribution in [2.75, 3.05) is 11.6 Å². The molecule has 0 saturated heterocycles. The summed E-state index contributed by atoms with van der Waals surface area (Å²) < 4.78 is 31.0. The molecule has 0 fully saturated rings. The van der Waals surface area contributed by atoms with Gasteiger partial charge in [-0.25, -0.2) is 8.42 Å². The van der Waals surface area contributed by atoms with Crippen LogP contribution in [-0.4, -0.2) is 25.1 Å². The standard InChI is InChI=1S/C22H24N2O4S/c1-15-7-9-20(29(4,26)27)13-21(15)23-22(25)10-8-18-12-16(2)24(17(18)3)14-19-6-5-11-28-19/h5-13H,14H2,1-4H3,(H,23,25). The Bertz CT molecular complexity index is 1170. The Morgan fingerprint density at radius 1 is 1.17 bits per heavy atom. The molecule has 1 aromatic carbocycles. The number of hydrogen-bond donors (Lipinski definition) is 1. The lowest BCUT2D eigenvalue weighted by Crippen LogP contribution is -2.10. The smallest absolute Gasteiger partial charge is 0.248 e. The monoisotopic (exact) mass is 412 g/mol. The fourth-order valence-corrected chi connectivity index (χ4v) is 3.75. The second kappa shape index (κ2) is 8.13. The van der Waals surface area contributed by atoms with Gasteiger partial charge < -0.3 is 14.3 Å². The first-order valence-corrected chi connectivity index (χ1v) is 11.0. The number of carbonyl (C=O) groups is 1. The number of nitrogens with zero attached hydrogens (tertiary/aromatic N) is 1. The van der Waals surface area contributed by atoms with Crippen LogP contribution < -0.4 is 5.32 Å². The van der Waals surface area contributed by atoms with Crippen LogP contribution in [0.1, 0.15) is 28.3 Å². The molecule has 0 saturated carbocycles. The molecule has 0 radical (unpaired) electrons. The van der Waals surface area contributed by atoms with Gasteiger partial charge in [0, 0.05) is 29.4 Å². The van der Waals surface area contributed by atoms with Gasteiger partial charge in [0.2, 0.25) is 5.91 Å². The molecule has 0 bridgehead atoms. The number of carbonyl (C=O) groups excluding carboxylic acids is 1. The number of aromatic nitrogens is 1. The minimum Gasteiger partial charge on any atom is -0.467 e. The molecule has 2 aromatic heterocycles. The maximum atomic E-state index is 12.4. The van der Waals surface area contributed by atoms with E-state index in [1.807, 2.05) is 39.0 Å². The van der Waals surface area contributed by atoms with Gasteiger partial charge in [0.25, 0.3) is 0 Å². The van der Waals surface area contributed by atoms with E-state index in [0.29, 0.717) is 12.2 Å². The van der Waals surface area contributed by atoms with Gasteiger partial charge in [-0.15, -0.1) is 0 Å². The van der Waals surface area contributed by atoms with Crippen molar-refractivity contribution >= 4 is 27.5 Å². The van der Waals surface area contributed by atoms with E-state index < -0.39 is 9.84 Å². The molecule has 0 aliphatic rings. The number of anilines is 1. The highest BCUT2D eigenvalue weighted by Gasteiger charge is 2.12. The summed E-state index contributed by atoms with van der Waals surface area (Å²) in [7, 11) is -3.34. The Morgan fingerprint density at radius 2 is 1.93 bits per heavy atom. The van der Waals surface area contributed by atoms with E-state index in [-0.39, 0.29) is 10.8 Å². The maximum Gasteiger partial charge on any atom is 0.248 e. The zero-order valence-electron chi connectivity index (χ0n) is 16.9. The molecule has 1 amide bonds. The number of hydrogen-bond acceptors (Lipinski definition) is 4. The number of sulfone groups is 1. The molecule has 152 valence electrons. The van der Waals surface area contributed by atoms with Crippen molar-refractivity contribution in [3.63, 3.8) is 0 Å². The lowest BCUT2D eigenvalue weighted by atomic mass is 10.2. The van der Waals surface area contributed by atoms with Crippen molar-refractivity contribution in [2.45, 2.75) is 32.2 Å². The molecule has 0 aliphatic heterocycles. The van der Waals surface area contributed by atoms with E-state index in [9.17, 15) is 13.2 Å². The third-order valence-electron chi connectivity index (χ3n) is 4.82. The zero-order valence-corrected chi connectivity index (χ0v) is 17.7. The minimum atomic E-state index is -3.34. The summed E-state index contributed by atoms with van der Waals surface area (Å²) in [6.07, 6.45) is 5.99. The number of benzene rings is 1. The summed E-state index contributed by atoms with van der Waals surface area (Å²) in [5.74, 6) is 0.538. The zero-order chi connectivity index (χ0) is 21.2.